The van der Waals surface area contributed by atoms with Crippen molar-refractivity contribution in [3.8, 4) is 0 Å². The molecule has 0 aromatic carbocycles. The maximum Gasteiger partial charge on any atom is 0.122 e. The molecule has 1 unspecified atom stereocenters. The van der Waals surface area contributed by atoms with E-state index in [1.54, 1.807) is 0 Å². The van der Waals surface area contributed by atoms with Gasteiger partial charge < -0.3 is 9.88 Å². The van der Waals surface area contributed by atoms with Crippen LogP contribution < -0.4 is 5.32 Å². The lowest BCUT2D eigenvalue weighted by molar-refractivity contribution is 0.153. The third kappa shape index (κ3) is 3.30. The Labute approximate surface area is 104 Å². The molecule has 1 aromatic rings. The highest BCUT2D eigenvalue weighted by Gasteiger charge is 2.21. The SMILES string of the molecule is CCCN(Cc1nccn1C)C1CCCNC1. The average Bonchev–Trinajstić information content (AvgIpc) is 2.76. The number of rotatable bonds is 5. The van der Waals surface area contributed by atoms with E-state index in [4.69, 9.17) is 0 Å². The fourth-order valence-electron chi connectivity index (χ4n) is 2.55. The minimum atomic E-state index is 0.681. The summed E-state index contributed by atoms with van der Waals surface area (Å²) in [5.74, 6) is 1.17. The first-order valence-electron chi connectivity index (χ1n) is 6.72. The van der Waals surface area contributed by atoms with Gasteiger partial charge in [-0.1, -0.05) is 6.92 Å². The molecular weight excluding hydrogens is 212 g/mol. The molecule has 4 heteroatoms. The Morgan fingerprint density at radius 2 is 2.47 bits per heavy atom. The van der Waals surface area contributed by atoms with Gasteiger partial charge in [0.2, 0.25) is 0 Å². The first-order valence-corrected chi connectivity index (χ1v) is 6.72. The maximum absolute atomic E-state index is 4.43. The van der Waals surface area contributed by atoms with Crippen molar-refractivity contribution in [2.24, 2.45) is 7.05 Å². The Bertz CT molecular complexity index is 328. The van der Waals surface area contributed by atoms with Crippen LogP contribution in [0.1, 0.15) is 32.0 Å². The number of hydrogen-bond donors (Lipinski definition) is 1. The summed E-state index contributed by atoms with van der Waals surface area (Å²) in [5, 5.41) is 3.50. The van der Waals surface area contributed by atoms with E-state index >= 15 is 0 Å². The minimum Gasteiger partial charge on any atom is -0.337 e. The van der Waals surface area contributed by atoms with E-state index in [-0.39, 0.29) is 0 Å². The van der Waals surface area contributed by atoms with Crippen molar-refractivity contribution in [3.63, 3.8) is 0 Å². The molecule has 96 valence electrons. The highest BCUT2D eigenvalue weighted by Crippen LogP contribution is 2.13. The van der Waals surface area contributed by atoms with Crippen LogP contribution in [0.4, 0.5) is 0 Å². The lowest BCUT2D eigenvalue weighted by Gasteiger charge is -2.34. The molecule has 0 amide bonds. The first-order chi connectivity index (χ1) is 8.31. The summed E-state index contributed by atoms with van der Waals surface area (Å²) in [6.07, 6.45) is 7.74. The molecular formula is C13H24N4. The van der Waals surface area contributed by atoms with Crippen molar-refractivity contribution < 1.29 is 0 Å². The summed E-state index contributed by atoms with van der Waals surface area (Å²) in [6, 6.07) is 0.681. The van der Waals surface area contributed by atoms with Gasteiger partial charge in [0, 0.05) is 32.0 Å². The molecule has 2 heterocycles. The van der Waals surface area contributed by atoms with Crippen molar-refractivity contribution >= 4 is 0 Å². The Hall–Kier alpha value is -0.870. The van der Waals surface area contributed by atoms with Gasteiger partial charge in [0.15, 0.2) is 0 Å². The predicted octanol–water partition coefficient (Wildman–Crippen LogP) is 1.38. The summed E-state index contributed by atoms with van der Waals surface area (Å²) in [5.41, 5.74) is 0. The quantitative estimate of drug-likeness (QED) is 0.838. The van der Waals surface area contributed by atoms with Crippen LogP contribution in [-0.2, 0) is 13.6 Å². The fourth-order valence-corrected chi connectivity index (χ4v) is 2.55. The smallest absolute Gasteiger partial charge is 0.122 e. The molecule has 0 radical (unpaired) electrons. The maximum atomic E-state index is 4.43. The van der Waals surface area contributed by atoms with Gasteiger partial charge in [-0.15, -0.1) is 0 Å². The number of nitrogens with zero attached hydrogens (tertiary/aromatic N) is 3. The van der Waals surface area contributed by atoms with Crippen LogP contribution in [-0.4, -0.2) is 40.1 Å². The number of aryl methyl sites for hydroxylation is 1. The van der Waals surface area contributed by atoms with E-state index < -0.39 is 0 Å². The van der Waals surface area contributed by atoms with Crippen LogP contribution in [0.5, 0.6) is 0 Å². The molecule has 1 fully saturated rings. The van der Waals surface area contributed by atoms with Crippen molar-refractivity contribution in [2.75, 3.05) is 19.6 Å². The van der Waals surface area contributed by atoms with Gasteiger partial charge >= 0.3 is 0 Å². The molecule has 1 atom stereocenters. The largest absolute Gasteiger partial charge is 0.337 e. The number of hydrogen-bond acceptors (Lipinski definition) is 3. The second kappa shape index (κ2) is 6.17. The van der Waals surface area contributed by atoms with E-state index in [0.29, 0.717) is 6.04 Å². The van der Waals surface area contributed by atoms with E-state index in [0.717, 1.165) is 13.1 Å². The Balaban J connectivity index is 1.98. The molecule has 0 aliphatic carbocycles. The normalized spacial score (nSPS) is 21.0. The molecule has 1 aliphatic heterocycles. The monoisotopic (exact) mass is 236 g/mol. The van der Waals surface area contributed by atoms with Crippen LogP contribution in [0.25, 0.3) is 0 Å². The first kappa shape index (κ1) is 12.6. The van der Waals surface area contributed by atoms with E-state index in [2.05, 4.69) is 33.7 Å². The molecule has 1 aromatic heterocycles. The molecule has 0 saturated carbocycles. The molecule has 0 spiro atoms. The lowest BCUT2D eigenvalue weighted by atomic mass is 10.1. The van der Waals surface area contributed by atoms with Gasteiger partial charge in [0.1, 0.15) is 5.82 Å². The van der Waals surface area contributed by atoms with Crippen LogP contribution in [0.2, 0.25) is 0 Å². The summed E-state index contributed by atoms with van der Waals surface area (Å²) in [4.78, 5) is 7.01. The van der Waals surface area contributed by atoms with E-state index in [1.807, 2.05) is 12.4 Å². The van der Waals surface area contributed by atoms with Gasteiger partial charge in [-0.2, -0.15) is 0 Å². The zero-order chi connectivity index (χ0) is 12.1. The third-order valence-electron chi connectivity index (χ3n) is 3.56. The summed E-state index contributed by atoms with van der Waals surface area (Å²) >= 11 is 0. The summed E-state index contributed by atoms with van der Waals surface area (Å²) in [6.45, 7) is 6.70. The highest BCUT2D eigenvalue weighted by atomic mass is 15.2. The Morgan fingerprint density at radius 3 is 3.06 bits per heavy atom. The Morgan fingerprint density at radius 1 is 1.59 bits per heavy atom. The zero-order valence-corrected chi connectivity index (χ0v) is 11.0. The minimum absolute atomic E-state index is 0.681. The topological polar surface area (TPSA) is 33.1 Å². The number of piperidine rings is 1. The summed E-state index contributed by atoms with van der Waals surface area (Å²) < 4.78 is 2.12. The lowest BCUT2D eigenvalue weighted by Crippen LogP contribution is -2.46. The average molecular weight is 236 g/mol. The molecule has 4 nitrogen and oxygen atoms in total. The molecule has 0 bridgehead atoms. The second-order valence-corrected chi connectivity index (χ2v) is 4.93. The van der Waals surface area contributed by atoms with Gasteiger partial charge in [0.25, 0.3) is 0 Å². The van der Waals surface area contributed by atoms with Crippen molar-refractivity contribution in [1.29, 1.82) is 0 Å². The standard InChI is InChI=1S/C13H24N4/c1-3-8-17(12-5-4-6-14-10-12)11-13-15-7-9-16(13)2/h7,9,12,14H,3-6,8,10-11H2,1-2H3. The van der Waals surface area contributed by atoms with Crippen LogP contribution in [0.15, 0.2) is 12.4 Å². The Kier molecular flexibility index (Phi) is 4.57. The summed E-state index contributed by atoms with van der Waals surface area (Å²) in [7, 11) is 2.07. The highest BCUT2D eigenvalue weighted by molar-refractivity contribution is 4.92. The van der Waals surface area contributed by atoms with Crippen molar-refractivity contribution in [2.45, 2.75) is 38.8 Å². The second-order valence-electron chi connectivity index (χ2n) is 4.93. The predicted molar refractivity (Wildman–Crippen MR) is 69.8 cm³/mol. The zero-order valence-electron chi connectivity index (χ0n) is 11.0. The van der Waals surface area contributed by atoms with Gasteiger partial charge in [-0.25, -0.2) is 4.98 Å². The number of nitrogens with one attached hydrogen (secondary N) is 1. The van der Waals surface area contributed by atoms with Gasteiger partial charge in [-0.3, -0.25) is 4.90 Å². The van der Waals surface area contributed by atoms with E-state index in [1.165, 1.54) is 38.2 Å². The van der Waals surface area contributed by atoms with E-state index in [9.17, 15) is 0 Å². The molecule has 1 aliphatic rings. The number of aromatic nitrogens is 2. The van der Waals surface area contributed by atoms with Gasteiger partial charge in [-0.05, 0) is 32.4 Å². The van der Waals surface area contributed by atoms with Crippen LogP contribution >= 0.6 is 0 Å². The molecule has 2 rings (SSSR count). The van der Waals surface area contributed by atoms with Crippen molar-refractivity contribution in [3.05, 3.63) is 18.2 Å². The molecule has 1 saturated heterocycles. The van der Waals surface area contributed by atoms with Gasteiger partial charge in [0.05, 0.1) is 6.54 Å². The van der Waals surface area contributed by atoms with Crippen molar-refractivity contribution in [1.82, 2.24) is 19.8 Å². The van der Waals surface area contributed by atoms with Crippen LogP contribution in [0.3, 0.4) is 0 Å². The third-order valence-corrected chi connectivity index (χ3v) is 3.56. The number of imidazole rings is 1. The molecule has 17 heavy (non-hydrogen) atoms. The van der Waals surface area contributed by atoms with Crippen LogP contribution in [0, 0.1) is 0 Å². The fraction of sp³-hybridized carbons (Fsp3) is 0.769. The molecule has 1 N–H and O–H groups in total.